The summed E-state index contributed by atoms with van der Waals surface area (Å²) < 4.78 is 4.79. The minimum Gasteiger partial charge on any atom is -0.309 e. The van der Waals surface area contributed by atoms with E-state index in [4.69, 9.17) is 9.97 Å². The third-order valence-electron chi connectivity index (χ3n) is 13.2. The molecule has 3 heterocycles. The predicted octanol–water partition coefficient (Wildman–Crippen LogP) is 15.3. The zero-order valence-electron chi connectivity index (χ0n) is 33.4. The van der Waals surface area contributed by atoms with Crippen molar-refractivity contribution in [3.05, 3.63) is 206 Å². The largest absolute Gasteiger partial charge is 0.309 e. The first-order chi connectivity index (χ1) is 30.7. The van der Waals surface area contributed by atoms with Gasteiger partial charge in [0.1, 0.15) is 5.69 Å². The molecule has 14 aromatic rings. The highest BCUT2D eigenvalue weighted by atomic mass is 15.1. The van der Waals surface area contributed by atoms with Crippen molar-refractivity contribution in [3.8, 4) is 22.8 Å². The zero-order valence-corrected chi connectivity index (χ0v) is 33.4. The van der Waals surface area contributed by atoms with Crippen molar-refractivity contribution in [2.75, 3.05) is 0 Å². The van der Waals surface area contributed by atoms with Gasteiger partial charge in [-0.15, -0.1) is 0 Å². The van der Waals surface area contributed by atoms with Gasteiger partial charge in [0, 0.05) is 32.8 Å². The molecule has 11 aromatic carbocycles. The van der Waals surface area contributed by atoms with Crippen molar-refractivity contribution in [3.63, 3.8) is 0 Å². The van der Waals surface area contributed by atoms with E-state index in [1.807, 2.05) is 12.1 Å². The quantitative estimate of drug-likeness (QED) is 0.167. The van der Waals surface area contributed by atoms with Gasteiger partial charge in [0.05, 0.1) is 33.1 Å². The summed E-state index contributed by atoms with van der Waals surface area (Å²) in [5, 5.41) is 17.1. The minimum absolute atomic E-state index is 0.805. The molecule has 0 saturated heterocycles. The lowest BCUT2D eigenvalue weighted by Crippen LogP contribution is -2.04. The number of para-hydroxylation sites is 3. The standard InChI is InChI=1S/C58H34N4/c1-3-15-37-32-55-48(29-35(37)13-1)46-21-9-12-24-53(46)61(55)40-26-28-54-50(34-40)49-30-36-14-2-4-16-38(36)33-56(49)62(54)58-57(59-51-22-10-11-23-52(51)60-58)39-25-27-45-43-19-6-5-17-41(43)42-18-7-8-20-44(42)47(45)31-39/h1-34H. The fourth-order valence-electron chi connectivity index (χ4n) is 10.4. The molecule has 0 fully saturated rings. The van der Waals surface area contributed by atoms with Crippen molar-refractivity contribution in [1.82, 2.24) is 19.1 Å². The molecule has 0 aliphatic carbocycles. The number of rotatable bonds is 3. The maximum Gasteiger partial charge on any atom is 0.165 e. The Morgan fingerprint density at radius 2 is 0.742 bits per heavy atom. The highest BCUT2D eigenvalue weighted by Crippen LogP contribution is 2.42. The monoisotopic (exact) mass is 786 g/mol. The zero-order chi connectivity index (χ0) is 40.5. The van der Waals surface area contributed by atoms with E-state index in [0.29, 0.717) is 0 Å². The molecule has 0 spiro atoms. The molecule has 0 bridgehead atoms. The van der Waals surface area contributed by atoms with Crippen molar-refractivity contribution in [1.29, 1.82) is 0 Å². The number of nitrogens with zero attached hydrogens (tertiary/aromatic N) is 4. The van der Waals surface area contributed by atoms with Gasteiger partial charge in [-0.05, 0) is 121 Å². The van der Waals surface area contributed by atoms with Gasteiger partial charge in [-0.2, -0.15) is 0 Å². The second-order valence-corrected chi connectivity index (χ2v) is 16.6. The number of benzene rings is 11. The number of hydrogen-bond donors (Lipinski definition) is 0. The molecular weight excluding hydrogens is 753 g/mol. The predicted molar refractivity (Wildman–Crippen MR) is 261 cm³/mol. The number of hydrogen-bond acceptors (Lipinski definition) is 2. The third kappa shape index (κ3) is 4.72. The Kier molecular flexibility index (Phi) is 6.80. The SMILES string of the molecule is c1ccc2cc3c(cc2c1)c1ccccc1n3-c1ccc2c(c1)c1cc3ccccc3cc1n2-c1nc2ccccc2nc1-c1ccc2c3ccccc3c3ccccc3c2c1. The summed E-state index contributed by atoms with van der Waals surface area (Å²) in [4.78, 5) is 11.0. The Morgan fingerprint density at radius 1 is 0.274 bits per heavy atom. The first-order valence-corrected chi connectivity index (χ1v) is 21.2. The maximum absolute atomic E-state index is 5.55. The summed E-state index contributed by atoms with van der Waals surface area (Å²) in [6, 6.07) is 75.0. The van der Waals surface area contributed by atoms with E-state index >= 15 is 0 Å². The molecule has 14 rings (SSSR count). The topological polar surface area (TPSA) is 35.6 Å². The van der Waals surface area contributed by atoms with Crippen LogP contribution >= 0.6 is 0 Å². The summed E-state index contributed by atoms with van der Waals surface area (Å²) in [6.45, 7) is 0. The van der Waals surface area contributed by atoms with Gasteiger partial charge in [-0.25, -0.2) is 9.97 Å². The summed E-state index contributed by atoms with van der Waals surface area (Å²) in [7, 11) is 0. The van der Waals surface area contributed by atoms with E-state index in [1.54, 1.807) is 0 Å². The Labute approximate surface area is 355 Å². The first kappa shape index (κ1) is 33.5. The van der Waals surface area contributed by atoms with Crippen LogP contribution in [0.15, 0.2) is 206 Å². The molecule has 0 aliphatic heterocycles. The number of fused-ring (bicyclic) bond motifs is 15. The molecule has 286 valence electrons. The van der Waals surface area contributed by atoms with Crippen LogP contribution in [0, 0.1) is 0 Å². The second-order valence-electron chi connectivity index (χ2n) is 16.6. The molecule has 0 atom stereocenters. The van der Waals surface area contributed by atoms with E-state index in [0.717, 1.165) is 50.2 Å². The molecule has 4 heteroatoms. The maximum atomic E-state index is 5.55. The summed E-state index contributed by atoms with van der Waals surface area (Å²) >= 11 is 0. The number of aromatic nitrogens is 4. The van der Waals surface area contributed by atoms with E-state index < -0.39 is 0 Å². The smallest absolute Gasteiger partial charge is 0.165 e. The molecular formula is C58H34N4. The van der Waals surface area contributed by atoms with Crippen molar-refractivity contribution in [2.45, 2.75) is 0 Å². The molecule has 0 aliphatic rings. The van der Waals surface area contributed by atoms with Crippen molar-refractivity contribution in [2.24, 2.45) is 0 Å². The first-order valence-electron chi connectivity index (χ1n) is 21.2. The molecule has 0 N–H and O–H groups in total. The van der Waals surface area contributed by atoms with E-state index in [-0.39, 0.29) is 0 Å². The molecule has 62 heavy (non-hydrogen) atoms. The molecule has 3 aromatic heterocycles. The summed E-state index contributed by atoms with van der Waals surface area (Å²) in [5.41, 5.74) is 9.24. The van der Waals surface area contributed by atoms with E-state index in [1.165, 1.54) is 81.1 Å². The average molecular weight is 787 g/mol. The van der Waals surface area contributed by atoms with Crippen LogP contribution in [-0.2, 0) is 0 Å². The molecule has 4 nitrogen and oxygen atoms in total. The van der Waals surface area contributed by atoms with Gasteiger partial charge >= 0.3 is 0 Å². The minimum atomic E-state index is 0.805. The van der Waals surface area contributed by atoms with Crippen LogP contribution in [0.5, 0.6) is 0 Å². The van der Waals surface area contributed by atoms with Gasteiger partial charge < -0.3 is 4.57 Å². The molecule has 0 unspecified atom stereocenters. The lowest BCUT2D eigenvalue weighted by atomic mass is 9.93. The van der Waals surface area contributed by atoms with Gasteiger partial charge in [-0.3, -0.25) is 4.57 Å². The van der Waals surface area contributed by atoms with Crippen molar-refractivity contribution < 1.29 is 0 Å². The highest BCUT2D eigenvalue weighted by Gasteiger charge is 2.22. The van der Waals surface area contributed by atoms with Gasteiger partial charge in [0.25, 0.3) is 0 Å². The fourth-order valence-corrected chi connectivity index (χ4v) is 10.4. The average Bonchev–Trinajstić information content (AvgIpc) is 3.82. The Hall–Kier alpha value is -8.34. The summed E-state index contributed by atoms with van der Waals surface area (Å²) in [6.07, 6.45) is 0. The van der Waals surface area contributed by atoms with Crippen LogP contribution in [0.1, 0.15) is 0 Å². The van der Waals surface area contributed by atoms with E-state index in [2.05, 4.69) is 203 Å². The van der Waals surface area contributed by atoms with Crippen LogP contribution in [0.25, 0.3) is 131 Å². The van der Waals surface area contributed by atoms with Gasteiger partial charge in [0.2, 0.25) is 0 Å². The lowest BCUT2D eigenvalue weighted by Gasteiger charge is -2.16. The third-order valence-corrected chi connectivity index (χ3v) is 13.2. The van der Waals surface area contributed by atoms with Crippen LogP contribution in [0.2, 0.25) is 0 Å². The van der Waals surface area contributed by atoms with Crippen molar-refractivity contribution >= 4 is 109 Å². The fraction of sp³-hybridized carbons (Fsp3) is 0. The van der Waals surface area contributed by atoms with Crippen LogP contribution in [0.4, 0.5) is 0 Å². The Bertz CT molecular complexity index is 4190. The molecule has 0 saturated carbocycles. The van der Waals surface area contributed by atoms with Gasteiger partial charge in [-0.1, -0.05) is 140 Å². The van der Waals surface area contributed by atoms with E-state index in [9.17, 15) is 0 Å². The normalized spacial score (nSPS) is 12.2. The van der Waals surface area contributed by atoms with Crippen LogP contribution in [-0.4, -0.2) is 19.1 Å². The van der Waals surface area contributed by atoms with Crippen LogP contribution < -0.4 is 0 Å². The van der Waals surface area contributed by atoms with Gasteiger partial charge in [0.15, 0.2) is 5.82 Å². The van der Waals surface area contributed by atoms with Crippen LogP contribution in [0.3, 0.4) is 0 Å². The summed E-state index contributed by atoms with van der Waals surface area (Å²) in [5.74, 6) is 0.805. The Balaban J connectivity index is 1.08. The second kappa shape index (κ2) is 12.6. The Morgan fingerprint density at radius 3 is 1.40 bits per heavy atom. The molecule has 0 radical (unpaired) electrons. The molecule has 0 amide bonds. The lowest BCUT2D eigenvalue weighted by molar-refractivity contribution is 1.08. The highest BCUT2D eigenvalue weighted by molar-refractivity contribution is 6.26.